The minimum atomic E-state index is -0.0177. The molecule has 0 aliphatic rings. The van der Waals surface area contributed by atoms with E-state index < -0.39 is 0 Å². The number of allylic oxidation sites excluding steroid dienone is 1. The van der Waals surface area contributed by atoms with Crippen molar-refractivity contribution in [1.82, 2.24) is 14.9 Å². The van der Waals surface area contributed by atoms with E-state index in [4.69, 9.17) is 4.98 Å². The number of rotatable bonds is 8. The van der Waals surface area contributed by atoms with Crippen molar-refractivity contribution in [1.29, 1.82) is 0 Å². The molecule has 35 heavy (non-hydrogen) atoms. The number of hydrogen-bond donors (Lipinski definition) is 1. The van der Waals surface area contributed by atoms with Gasteiger partial charge in [-0.25, -0.2) is 4.98 Å². The van der Waals surface area contributed by atoms with Crippen LogP contribution in [-0.2, 0) is 24.3 Å². The number of fused-ring (bicyclic) bond motifs is 1. The van der Waals surface area contributed by atoms with E-state index in [2.05, 4.69) is 64.5 Å². The molecule has 0 radical (unpaired) electrons. The largest absolute Gasteiger partial charge is 0.349 e. The molecule has 0 aliphatic heterocycles. The maximum Gasteiger partial charge on any atom is 0.224 e. The summed E-state index contributed by atoms with van der Waals surface area (Å²) in [7, 11) is 0. The Bertz CT molecular complexity index is 1440. The van der Waals surface area contributed by atoms with Crippen LogP contribution in [0.25, 0.3) is 28.2 Å². The van der Waals surface area contributed by atoms with Gasteiger partial charge in [0.05, 0.1) is 24.0 Å². The van der Waals surface area contributed by atoms with E-state index in [9.17, 15) is 4.79 Å². The lowest BCUT2D eigenvalue weighted by atomic mass is 10.0. The van der Waals surface area contributed by atoms with Gasteiger partial charge in [-0.1, -0.05) is 109 Å². The molecule has 4 aromatic carbocycles. The Hall–Kier alpha value is -4.44. The molecule has 0 saturated heterocycles. The molecule has 1 amide bonds. The summed E-state index contributed by atoms with van der Waals surface area (Å²) in [4.78, 5) is 17.5. The first-order chi connectivity index (χ1) is 17.3. The SMILES string of the molecule is O=C(Cc1ccc(-c2ccccc2)cc1)NCc1nc2ccccc2n1C/C=C/c1ccccc1. The molecule has 0 saturated carbocycles. The minimum Gasteiger partial charge on any atom is -0.349 e. The van der Waals surface area contributed by atoms with Crippen molar-refractivity contribution in [3.8, 4) is 11.1 Å². The fraction of sp³-hybridized carbons (Fsp3) is 0.0968. The highest BCUT2D eigenvalue weighted by Gasteiger charge is 2.11. The maximum atomic E-state index is 12.7. The highest BCUT2D eigenvalue weighted by atomic mass is 16.1. The Morgan fingerprint density at radius 3 is 2.20 bits per heavy atom. The monoisotopic (exact) mass is 457 g/mol. The number of carbonyl (C=O) groups is 1. The molecule has 1 heterocycles. The normalized spacial score (nSPS) is 11.2. The molecule has 4 nitrogen and oxygen atoms in total. The molecule has 5 rings (SSSR count). The quantitative estimate of drug-likeness (QED) is 0.298. The van der Waals surface area contributed by atoms with Crippen molar-refractivity contribution in [3.63, 3.8) is 0 Å². The van der Waals surface area contributed by atoms with E-state index in [1.54, 1.807) is 0 Å². The summed E-state index contributed by atoms with van der Waals surface area (Å²) in [5.74, 6) is 0.826. The molecule has 1 N–H and O–H groups in total. The van der Waals surface area contributed by atoms with Crippen LogP contribution >= 0.6 is 0 Å². The second-order valence-corrected chi connectivity index (χ2v) is 8.46. The number of benzene rings is 4. The van der Waals surface area contributed by atoms with Gasteiger partial charge < -0.3 is 9.88 Å². The van der Waals surface area contributed by atoms with Crippen LogP contribution in [-0.4, -0.2) is 15.5 Å². The van der Waals surface area contributed by atoms with Gasteiger partial charge in [-0.2, -0.15) is 0 Å². The summed E-state index contributed by atoms with van der Waals surface area (Å²) < 4.78 is 2.16. The summed E-state index contributed by atoms with van der Waals surface area (Å²) in [6.45, 7) is 1.07. The van der Waals surface area contributed by atoms with Crippen LogP contribution in [0.3, 0.4) is 0 Å². The van der Waals surface area contributed by atoms with Crippen LogP contribution < -0.4 is 5.32 Å². The molecule has 0 fully saturated rings. The molecular formula is C31H27N3O. The number of aromatic nitrogens is 2. The molecule has 4 heteroatoms. The fourth-order valence-corrected chi connectivity index (χ4v) is 4.19. The van der Waals surface area contributed by atoms with Crippen LogP contribution in [0.5, 0.6) is 0 Å². The van der Waals surface area contributed by atoms with Gasteiger partial charge in [-0.15, -0.1) is 0 Å². The number of hydrogen-bond acceptors (Lipinski definition) is 2. The van der Waals surface area contributed by atoms with Crippen LogP contribution in [0.4, 0.5) is 0 Å². The molecule has 0 spiro atoms. The Balaban J connectivity index is 1.25. The molecule has 172 valence electrons. The highest BCUT2D eigenvalue weighted by Crippen LogP contribution is 2.20. The van der Waals surface area contributed by atoms with Crippen molar-refractivity contribution < 1.29 is 4.79 Å². The second-order valence-electron chi connectivity index (χ2n) is 8.46. The lowest BCUT2D eigenvalue weighted by Gasteiger charge is -2.09. The Labute approximate surface area is 205 Å². The van der Waals surface area contributed by atoms with E-state index in [-0.39, 0.29) is 5.91 Å². The highest BCUT2D eigenvalue weighted by molar-refractivity contribution is 5.79. The number of nitrogens with zero attached hydrogens (tertiary/aromatic N) is 2. The zero-order valence-electron chi connectivity index (χ0n) is 19.5. The third-order valence-electron chi connectivity index (χ3n) is 6.00. The van der Waals surface area contributed by atoms with Crippen molar-refractivity contribution in [3.05, 3.63) is 132 Å². The standard InChI is InChI=1S/C31H27N3O/c35-31(22-25-17-19-27(20-18-25)26-13-5-2-6-14-26)32-23-30-33-28-15-7-8-16-29(28)34(30)21-9-12-24-10-3-1-4-11-24/h1-20H,21-23H2,(H,32,35)/b12-9+. The van der Waals surface area contributed by atoms with Gasteiger partial charge in [0.2, 0.25) is 5.91 Å². The van der Waals surface area contributed by atoms with Gasteiger partial charge in [-0.3, -0.25) is 4.79 Å². The van der Waals surface area contributed by atoms with Crippen molar-refractivity contribution in [2.24, 2.45) is 0 Å². The summed E-state index contributed by atoms with van der Waals surface area (Å²) >= 11 is 0. The first-order valence-corrected chi connectivity index (χ1v) is 11.8. The average molecular weight is 458 g/mol. The van der Waals surface area contributed by atoms with Gasteiger partial charge in [0, 0.05) is 6.54 Å². The second kappa shape index (κ2) is 10.7. The van der Waals surface area contributed by atoms with E-state index in [1.165, 1.54) is 5.56 Å². The van der Waals surface area contributed by atoms with E-state index in [1.807, 2.05) is 66.7 Å². The number of amides is 1. The third-order valence-corrected chi connectivity index (χ3v) is 6.00. The zero-order valence-corrected chi connectivity index (χ0v) is 19.5. The van der Waals surface area contributed by atoms with Gasteiger partial charge in [-0.05, 0) is 34.4 Å². The van der Waals surface area contributed by atoms with Gasteiger partial charge in [0.15, 0.2) is 0 Å². The Morgan fingerprint density at radius 2 is 1.43 bits per heavy atom. The summed E-state index contributed by atoms with van der Waals surface area (Å²) in [5, 5.41) is 3.06. The number of carbonyl (C=O) groups excluding carboxylic acids is 1. The number of nitrogens with one attached hydrogen (secondary N) is 1. The smallest absolute Gasteiger partial charge is 0.224 e. The van der Waals surface area contributed by atoms with Gasteiger partial charge in [0.25, 0.3) is 0 Å². The predicted molar refractivity (Wildman–Crippen MR) is 143 cm³/mol. The molecule has 0 unspecified atom stereocenters. The fourth-order valence-electron chi connectivity index (χ4n) is 4.19. The van der Waals surface area contributed by atoms with E-state index >= 15 is 0 Å². The molecule has 5 aromatic rings. The Morgan fingerprint density at radius 1 is 0.771 bits per heavy atom. The summed E-state index contributed by atoms with van der Waals surface area (Å²) in [6, 6.07) is 36.7. The molecule has 0 aliphatic carbocycles. The van der Waals surface area contributed by atoms with Crippen LogP contribution in [0.15, 0.2) is 115 Å². The molecule has 0 atom stereocenters. The lowest BCUT2D eigenvalue weighted by Crippen LogP contribution is -2.26. The predicted octanol–water partition coefficient (Wildman–Crippen LogP) is 6.28. The maximum absolute atomic E-state index is 12.7. The van der Waals surface area contributed by atoms with E-state index in [0.29, 0.717) is 19.5 Å². The summed E-state index contributed by atoms with van der Waals surface area (Å²) in [6.07, 6.45) is 4.57. The first kappa shape index (κ1) is 22.4. The molecule has 0 bridgehead atoms. The van der Waals surface area contributed by atoms with Crippen LogP contribution in [0, 0.1) is 0 Å². The number of imidazole rings is 1. The molecular weight excluding hydrogens is 430 g/mol. The van der Waals surface area contributed by atoms with E-state index in [0.717, 1.165) is 33.5 Å². The van der Waals surface area contributed by atoms with Gasteiger partial charge >= 0.3 is 0 Å². The van der Waals surface area contributed by atoms with Crippen molar-refractivity contribution in [2.75, 3.05) is 0 Å². The number of para-hydroxylation sites is 2. The third kappa shape index (κ3) is 5.56. The van der Waals surface area contributed by atoms with Crippen LogP contribution in [0.2, 0.25) is 0 Å². The van der Waals surface area contributed by atoms with Crippen molar-refractivity contribution in [2.45, 2.75) is 19.5 Å². The summed E-state index contributed by atoms with van der Waals surface area (Å²) in [5.41, 5.74) is 6.45. The first-order valence-electron chi connectivity index (χ1n) is 11.8. The lowest BCUT2D eigenvalue weighted by molar-refractivity contribution is -0.120. The average Bonchev–Trinajstić information content (AvgIpc) is 3.26. The molecule has 1 aromatic heterocycles. The van der Waals surface area contributed by atoms with Gasteiger partial charge in [0.1, 0.15) is 5.82 Å². The van der Waals surface area contributed by atoms with Crippen LogP contribution in [0.1, 0.15) is 17.0 Å². The Kier molecular flexibility index (Phi) is 6.81. The zero-order chi connectivity index (χ0) is 23.9. The minimum absolute atomic E-state index is 0.0177. The van der Waals surface area contributed by atoms with Crippen molar-refractivity contribution >= 4 is 23.0 Å². The topological polar surface area (TPSA) is 46.9 Å².